The first kappa shape index (κ1) is 24.5. The molecule has 0 aliphatic carbocycles. The number of hydrogen-bond donors (Lipinski definition) is 2. The second-order valence-electron chi connectivity index (χ2n) is 7.83. The standard InChI is InChI=1S/C26H20F3N5O2/c1-15-21(18-5-3-4-16(10-18)17-6-8-31-22(11-17)25(36)30-2)13-20(14-33-15)34-24(35)19-7-9-32-23(12-19)26(27,28)29/h3-14H,1-2H3,(H,30,36)(H,34,35). The Bertz CT molecular complexity index is 1450. The number of nitrogens with zero attached hydrogens (tertiary/aromatic N) is 3. The molecule has 0 saturated heterocycles. The molecule has 4 aromatic rings. The van der Waals surface area contributed by atoms with E-state index in [4.69, 9.17) is 0 Å². The second-order valence-corrected chi connectivity index (χ2v) is 7.83. The zero-order valence-electron chi connectivity index (χ0n) is 19.2. The first-order valence-corrected chi connectivity index (χ1v) is 10.8. The lowest BCUT2D eigenvalue weighted by Gasteiger charge is -2.12. The van der Waals surface area contributed by atoms with E-state index in [1.807, 2.05) is 31.2 Å². The summed E-state index contributed by atoms with van der Waals surface area (Å²) in [5.74, 6) is -1.01. The number of pyridine rings is 3. The van der Waals surface area contributed by atoms with Crippen LogP contribution in [0.3, 0.4) is 0 Å². The van der Waals surface area contributed by atoms with E-state index in [1.165, 1.54) is 19.3 Å². The van der Waals surface area contributed by atoms with E-state index in [-0.39, 0.29) is 17.2 Å². The van der Waals surface area contributed by atoms with Crippen LogP contribution in [0.1, 0.15) is 32.2 Å². The molecule has 0 fully saturated rings. The molecule has 36 heavy (non-hydrogen) atoms. The molecule has 0 radical (unpaired) electrons. The Labute approximate surface area is 204 Å². The van der Waals surface area contributed by atoms with Gasteiger partial charge in [-0.15, -0.1) is 0 Å². The van der Waals surface area contributed by atoms with Crippen LogP contribution in [-0.2, 0) is 6.18 Å². The summed E-state index contributed by atoms with van der Waals surface area (Å²) in [7, 11) is 1.53. The highest BCUT2D eigenvalue weighted by Gasteiger charge is 2.33. The third kappa shape index (κ3) is 5.38. The van der Waals surface area contributed by atoms with Gasteiger partial charge in [-0.25, -0.2) is 0 Å². The van der Waals surface area contributed by atoms with Crippen LogP contribution < -0.4 is 10.6 Å². The van der Waals surface area contributed by atoms with Crippen molar-refractivity contribution in [3.05, 3.63) is 95.8 Å². The van der Waals surface area contributed by atoms with Crippen LogP contribution in [0.25, 0.3) is 22.3 Å². The number of carbonyl (C=O) groups excluding carboxylic acids is 2. The third-order valence-electron chi connectivity index (χ3n) is 5.38. The molecule has 182 valence electrons. The van der Waals surface area contributed by atoms with Gasteiger partial charge in [-0.1, -0.05) is 18.2 Å². The van der Waals surface area contributed by atoms with Crippen molar-refractivity contribution in [1.29, 1.82) is 0 Å². The van der Waals surface area contributed by atoms with E-state index in [2.05, 4.69) is 25.6 Å². The van der Waals surface area contributed by atoms with Crippen LogP contribution >= 0.6 is 0 Å². The molecule has 10 heteroatoms. The molecule has 0 atom stereocenters. The molecule has 0 saturated carbocycles. The number of aryl methyl sites for hydroxylation is 1. The van der Waals surface area contributed by atoms with Gasteiger partial charge in [-0.2, -0.15) is 13.2 Å². The Kier molecular flexibility index (Phi) is 6.77. The number of anilines is 1. The van der Waals surface area contributed by atoms with Crippen LogP contribution in [0, 0.1) is 6.92 Å². The first-order valence-electron chi connectivity index (χ1n) is 10.8. The van der Waals surface area contributed by atoms with E-state index >= 15 is 0 Å². The minimum absolute atomic E-state index is 0.175. The molecule has 4 rings (SSSR count). The minimum Gasteiger partial charge on any atom is -0.354 e. The van der Waals surface area contributed by atoms with Gasteiger partial charge in [0.1, 0.15) is 11.4 Å². The van der Waals surface area contributed by atoms with Crippen LogP contribution in [-0.4, -0.2) is 33.8 Å². The van der Waals surface area contributed by atoms with Gasteiger partial charge in [0.05, 0.1) is 11.9 Å². The molecule has 0 unspecified atom stereocenters. The predicted molar refractivity (Wildman–Crippen MR) is 128 cm³/mol. The number of alkyl halides is 3. The van der Waals surface area contributed by atoms with E-state index < -0.39 is 17.8 Å². The van der Waals surface area contributed by atoms with Crippen LogP contribution in [0.15, 0.2) is 73.2 Å². The Hall–Kier alpha value is -4.60. The predicted octanol–water partition coefficient (Wildman–Crippen LogP) is 5.14. The van der Waals surface area contributed by atoms with E-state index in [0.717, 1.165) is 28.5 Å². The van der Waals surface area contributed by atoms with Crippen molar-refractivity contribution in [2.45, 2.75) is 13.1 Å². The maximum atomic E-state index is 13.0. The average molecular weight is 491 g/mol. The lowest BCUT2D eigenvalue weighted by molar-refractivity contribution is -0.141. The Morgan fingerprint density at radius 2 is 1.56 bits per heavy atom. The average Bonchev–Trinajstić information content (AvgIpc) is 2.89. The number of rotatable bonds is 5. The lowest BCUT2D eigenvalue weighted by atomic mass is 9.98. The zero-order valence-corrected chi connectivity index (χ0v) is 19.2. The van der Waals surface area contributed by atoms with Crippen molar-refractivity contribution in [3.63, 3.8) is 0 Å². The van der Waals surface area contributed by atoms with Gasteiger partial charge in [0.25, 0.3) is 11.8 Å². The maximum absolute atomic E-state index is 13.0. The van der Waals surface area contributed by atoms with Crippen molar-refractivity contribution in [1.82, 2.24) is 20.3 Å². The largest absolute Gasteiger partial charge is 0.433 e. The quantitative estimate of drug-likeness (QED) is 0.403. The fourth-order valence-corrected chi connectivity index (χ4v) is 3.55. The molecule has 0 aliphatic heterocycles. The van der Waals surface area contributed by atoms with Gasteiger partial charge in [0, 0.05) is 36.3 Å². The highest BCUT2D eigenvalue weighted by molar-refractivity contribution is 6.04. The molecule has 3 heterocycles. The normalized spacial score (nSPS) is 11.1. The van der Waals surface area contributed by atoms with Gasteiger partial charge in [-0.3, -0.25) is 24.5 Å². The van der Waals surface area contributed by atoms with Gasteiger partial charge in [-0.05, 0) is 60.0 Å². The molecule has 2 amide bonds. The summed E-state index contributed by atoms with van der Waals surface area (Å²) in [6.45, 7) is 1.81. The van der Waals surface area contributed by atoms with Gasteiger partial charge in [0.2, 0.25) is 0 Å². The maximum Gasteiger partial charge on any atom is 0.433 e. The highest BCUT2D eigenvalue weighted by Crippen LogP contribution is 2.30. The monoisotopic (exact) mass is 491 g/mol. The number of nitrogens with one attached hydrogen (secondary N) is 2. The molecule has 0 aliphatic rings. The van der Waals surface area contributed by atoms with Crippen molar-refractivity contribution < 1.29 is 22.8 Å². The summed E-state index contributed by atoms with van der Waals surface area (Å²) in [5, 5.41) is 5.14. The molecular weight excluding hydrogens is 471 g/mol. The van der Waals surface area contributed by atoms with Gasteiger partial charge >= 0.3 is 6.18 Å². The Morgan fingerprint density at radius 1 is 0.833 bits per heavy atom. The van der Waals surface area contributed by atoms with Crippen molar-refractivity contribution in [2.24, 2.45) is 0 Å². The number of benzene rings is 1. The summed E-state index contributed by atoms with van der Waals surface area (Å²) in [4.78, 5) is 36.3. The number of amides is 2. The fourth-order valence-electron chi connectivity index (χ4n) is 3.55. The van der Waals surface area contributed by atoms with Crippen molar-refractivity contribution in [3.8, 4) is 22.3 Å². The van der Waals surface area contributed by atoms with Crippen LogP contribution in [0.2, 0.25) is 0 Å². The summed E-state index contributed by atoms with van der Waals surface area (Å²) < 4.78 is 38.9. The van der Waals surface area contributed by atoms with Gasteiger partial charge in [0.15, 0.2) is 0 Å². The molecule has 3 aromatic heterocycles. The highest BCUT2D eigenvalue weighted by atomic mass is 19.4. The molecule has 0 spiro atoms. The molecule has 1 aromatic carbocycles. The van der Waals surface area contributed by atoms with E-state index in [9.17, 15) is 22.8 Å². The number of carbonyl (C=O) groups is 2. The second kappa shape index (κ2) is 9.95. The summed E-state index contributed by atoms with van der Waals surface area (Å²) >= 11 is 0. The van der Waals surface area contributed by atoms with Gasteiger partial charge < -0.3 is 10.6 Å². The molecule has 2 N–H and O–H groups in total. The summed E-state index contributed by atoms with van der Waals surface area (Å²) in [5.41, 5.74) is 3.13. The third-order valence-corrected chi connectivity index (χ3v) is 5.38. The summed E-state index contributed by atoms with van der Waals surface area (Å²) in [6.07, 6.45) is -0.726. The topological polar surface area (TPSA) is 96.9 Å². The van der Waals surface area contributed by atoms with Crippen molar-refractivity contribution >= 4 is 17.5 Å². The molecule has 7 nitrogen and oxygen atoms in total. The van der Waals surface area contributed by atoms with Crippen LogP contribution in [0.4, 0.5) is 18.9 Å². The van der Waals surface area contributed by atoms with Crippen LogP contribution in [0.5, 0.6) is 0 Å². The molecular formula is C26H20F3N5O2. The summed E-state index contributed by atoms with van der Waals surface area (Å²) in [6, 6.07) is 14.6. The Morgan fingerprint density at radius 3 is 2.31 bits per heavy atom. The van der Waals surface area contributed by atoms with E-state index in [1.54, 1.807) is 24.4 Å². The Balaban J connectivity index is 1.63. The SMILES string of the molecule is CNC(=O)c1cc(-c2cccc(-c3cc(NC(=O)c4ccnc(C(F)(F)F)c4)cnc3C)c2)ccn1. The van der Waals surface area contributed by atoms with Crippen molar-refractivity contribution in [2.75, 3.05) is 12.4 Å². The molecule has 0 bridgehead atoms. The number of halogens is 3. The number of hydrogen-bond acceptors (Lipinski definition) is 5. The fraction of sp³-hybridized carbons (Fsp3) is 0.115. The smallest absolute Gasteiger partial charge is 0.354 e. The minimum atomic E-state index is -4.66. The first-order chi connectivity index (χ1) is 17.2. The number of aromatic nitrogens is 3. The lowest BCUT2D eigenvalue weighted by Crippen LogP contribution is -2.19. The van der Waals surface area contributed by atoms with E-state index in [0.29, 0.717) is 17.4 Å². The zero-order chi connectivity index (χ0) is 25.9.